The Bertz CT molecular complexity index is 588. The lowest BCUT2D eigenvalue weighted by atomic mass is 9.49. The molecule has 4 fully saturated rings. The maximum atomic E-state index is 4.91. The molecule has 0 aliphatic heterocycles. The van der Waals surface area contributed by atoms with Crippen LogP contribution in [0, 0.1) is 23.2 Å². The van der Waals surface area contributed by atoms with Crippen molar-refractivity contribution in [3.8, 4) is 0 Å². The van der Waals surface area contributed by atoms with Crippen LogP contribution in [0.5, 0.6) is 0 Å². The molecular formula is C18H21NS. The van der Waals surface area contributed by atoms with E-state index in [9.17, 15) is 0 Å². The second-order valence-corrected chi connectivity index (χ2v) is 8.78. The van der Waals surface area contributed by atoms with Gasteiger partial charge >= 0.3 is 0 Å². The molecule has 1 heterocycles. The molecule has 4 aliphatic rings. The molecule has 0 amide bonds. The van der Waals surface area contributed by atoms with E-state index in [1.165, 1.54) is 60.2 Å². The average molecular weight is 283 g/mol. The SMILES string of the molecule is c1ccc2sc(CC34CC5CC(CC(C5)C3)C4)nc2c1. The van der Waals surface area contributed by atoms with Gasteiger partial charge in [0.2, 0.25) is 0 Å². The molecule has 0 saturated heterocycles. The Balaban J connectivity index is 1.48. The van der Waals surface area contributed by atoms with Gasteiger partial charge in [0.1, 0.15) is 0 Å². The average Bonchev–Trinajstić information content (AvgIpc) is 2.77. The Kier molecular flexibility index (Phi) is 2.39. The molecule has 0 N–H and O–H groups in total. The minimum absolute atomic E-state index is 0.628. The number of aromatic nitrogens is 1. The van der Waals surface area contributed by atoms with Gasteiger partial charge in [-0.3, -0.25) is 0 Å². The first-order chi connectivity index (χ1) is 9.78. The lowest BCUT2D eigenvalue weighted by molar-refractivity contribution is -0.0521. The molecule has 0 radical (unpaired) electrons. The Morgan fingerprint density at radius 2 is 1.65 bits per heavy atom. The van der Waals surface area contributed by atoms with Gasteiger partial charge in [0, 0.05) is 6.42 Å². The fourth-order valence-corrected chi connectivity index (χ4v) is 6.96. The van der Waals surface area contributed by atoms with Gasteiger partial charge in [-0.2, -0.15) is 0 Å². The lowest BCUT2D eigenvalue weighted by Gasteiger charge is -2.56. The van der Waals surface area contributed by atoms with E-state index < -0.39 is 0 Å². The Labute approximate surface area is 124 Å². The van der Waals surface area contributed by atoms with E-state index in [-0.39, 0.29) is 0 Å². The van der Waals surface area contributed by atoms with E-state index in [1.807, 2.05) is 11.3 Å². The van der Waals surface area contributed by atoms with Crippen LogP contribution in [0.3, 0.4) is 0 Å². The summed E-state index contributed by atoms with van der Waals surface area (Å²) in [6.07, 6.45) is 10.4. The van der Waals surface area contributed by atoms with Gasteiger partial charge in [-0.1, -0.05) is 12.1 Å². The molecule has 1 aromatic heterocycles. The molecule has 104 valence electrons. The summed E-state index contributed by atoms with van der Waals surface area (Å²) < 4.78 is 1.37. The zero-order valence-electron chi connectivity index (χ0n) is 11.8. The van der Waals surface area contributed by atoms with Gasteiger partial charge in [-0.15, -0.1) is 11.3 Å². The van der Waals surface area contributed by atoms with E-state index in [2.05, 4.69) is 24.3 Å². The van der Waals surface area contributed by atoms with Crippen LogP contribution < -0.4 is 0 Å². The topological polar surface area (TPSA) is 12.9 Å². The van der Waals surface area contributed by atoms with Gasteiger partial charge in [-0.25, -0.2) is 4.98 Å². The van der Waals surface area contributed by atoms with Crippen molar-refractivity contribution in [1.29, 1.82) is 0 Å². The van der Waals surface area contributed by atoms with Crippen LogP contribution in [0.15, 0.2) is 24.3 Å². The highest BCUT2D eigenvalue weighted by molar-refractivity contribution is 7.18. The third-order valence-corrected chi connectivity index (χ3v) is 7.07. The van der Waals surface area contributed by atoms with Crippen molar-refractivity contribution in [1.82, 2.24) is 4.98 Å². The van der Waals surface area contributed by atoms with Crippen LogP contribution >= 0.6 is 11.3 Å². The number of hydrogen-bond donors (Lipinski definition) is 0. The van der Waals surface area contributed by atoms with Crippen LogP contribution in [-0.4, -0.2) is 4.98 Å². The Morgan fingerprint density at radius 3 is 2.30 bits per heavy atom. The first-order valence-corrected chi connectivity index (χ1v) is 8.94. The second-order valence-electron chi connectivity index (χ2n) is 7.67. The van der Waals surface area contributed by atoms with E-state index in [0.29, 0.717) is 5.41 Å². The van der Waals surface area contributed by atoms with Crippen LogP contribution in [0.2, 0.25) is 0 Å². The zero-order valence-corrected chi connectivity index (χ0v) is 12.7. The van der Waals surface area contributed by atoms with E-state index in [4.69, 9.17) is 4.98 Å². The molecule has 4 bridgehead atoms. The van der Waals surface area contributed by atoms with Gasteiger partial charge in [-0.05, 0) is 73.8 Å². The molecule has 2 aromatic rings. The lowest BCUT2D eigenvalue weighted by Crippen LogP contribution is -2.47. The maximum absolute atomic E-state index is 4.91. The normalized spacial score (nSPS) is 38.7. The van der Waals surface area contributed by atoms with Crippen molar-refractivity contribution < 1.29 is 0 Å². The van der Waals surface area contributed by atoms with Gasteiger partial charge in [0.05, 0.1) is 15.2 Å². The monoisotopic (exact) mass is 283 g/mol. The standard InChI is InChI=1S/C18H21NS/c1-2-4-16-15(3-1)19-17(20-16)11-18-8-12-5-13(9-18)7-14(6-12)10-18/h1-4,12-14H,5-11H2. The summed E-state index contributed by atoms with van der Waals surface area (Å²) in [5, 5.41) is 1.40. The number of para-hydroxylation sites is 1. The molecule has 1 aromatic carbocycles. The molecule has 4 aliphatic carbocycles. The Hall–Kier alpha value is -0.890. The fraction of sp³-hybridized carbons (Fsp3) is 0.611. The summed E-state index contributed by atoms with van der Waals surface area (Å²) in [4.78, 5) is 4.91. The van der Waals surface area contributed by atoms with Crippen molar-refractivity contribution in [2.24, 2.45) is 23.2 Å². The molecule has 0 atom stereocenters. The number of fused-ring (bicyclic) bond motifs is 1. The molecule has 20 heavy (non-hydrogen) atoms. The van der Waals surface area contributed by atoms with Crippen molar-refractivity contribution in [2.45, 2.75) is 44.9 Å². The number of hydrogen-bond acceptors (Lipinski definition) is 2. The van der Waals surface area contributed by atoms with Crippen molar-refractivity contribution >= 4 is 21.6 Å². The summed E-state index contributed by atoms with van der Waals surface area (Å²) in [5.41, 5.74) is 1.83. The first-order valence-electron chi connectivity index (χ1n) is 8.12. The molecule has 0 unspecified atom stereocenters. The zero-order chi connectivity index (χ0) is 13.2. The number of nitrogens with zero attached hydrogens (tertiary/aromatic N) is 1. The highest BCUT2D eigenvalue weighted by Gasteiger charge is 2.50. The molecule has 2 heteroatoms. The summed E-state index contributed by atoms with van der Waals surface area (Å²) in [5.74, 6) is 3.15. The predicted octanol–water partition coefficient (Wildman–Crippen LogP) is 5.06. The quantitative estimate of drug-likeness (QED) is 0.751. The smallest absolute Gasteiger partial charge is 0.0944 e. The van der Waals surface area contributed by atoms with Crippen LogP contribution in [-0.2, 0) is 6.42 Å². The number of benzene rings is 1. The van der Waals surface area contributed by atoms with Gasteiger partial charge < -0.3 is 0 Å². The molecule has 0 spiro atoms. The Morgan fingerprint density at radius 1 is 1.00 bits per heavy atom. The van der Waals surface area contributed by atoms with E-state index >= 15 is 0 Å². The highest BCUT2D eigenvalue weighted by atomic mass is 32.1. The summed E-state index contributed by atoms with van der Waals surface area (Å²) in [6, 6.07) is 8.62. The predicted molar refractivity (Wildman–Crippen MR) is 83.9 cm³/mol. The van der Waals surface area contributed by atoms with Crippen molar-refractivity contribution in [3.63, 3.8) is 0 Å². The van der Waals surface area contributed by atoms with Crippen LogP contribution in [0.1, 0.15) is 43.5 Å². The highest BCUT2D eigenvalue weighted by Crippen LogP contribution is 2.61. The molecular weight excluding hydrogens is 262 g/mol. The van der Waals surface area contributed by atoms with Crippen LogP contribution in [0.4, 0.5) is 0 Å². The second kappa shape index (κ2) is 4.07. The number of rotatable bonds is 2. The summed E-state index contributed by atoms with van der Waals surface area (Å²) in [6.45, 7) is 0. The van der Waals surface area contributed by atoms with Crippen LogP contribution in [0.25, 0.3) is 10.2 Å². The largest absolute Gasteiger partial charge is 0.241 e. The minimum Gasteiger partial charge on any atom is -0.241 e. The third-order valence-electron chi connectivity index (χ3n) is 6.03. The first kappa shape index (κ1) is 11.7. The van der Waals surface area contributed by atoms with E-state index in [1.54, 1.807) is 0 Å². The van der Waals surface area contributed by atoms with Gasteiger partial charge in [0.25, 0.3) is 0 Å². The van der Waals surface area contributed by atoms with Crippen molar-refractivity contribution in [3.05, 3.63) is 29.3 Å². The molecule has 1 nitrogen and oxygen atoms in total. The van der Waals surface area contributed by atoms with Crippen molar-refractivity contribution in [2.75, 3.05) is 0 Å². The summed E-state index contributed by atoms with van der Waals surface area (Å²) >= 11 is 1.94. The summed E-state index contributed by atoms with van der Waals surface area (Å²) in [7, 11) is 0. The minimum atomic E-state index is 0.628. The van der Waals surface area contributed by atoms with E-state index in [0.717, 1.165) is 17.8 Å². The fourth-order valence-electron chi connectivity index (χ4n) is 5.82. The third kappa shape index (κ3) is 1.77. The van der Waals surface area contributed by atoms with Gasteiger partial charge in [0.15, 0.2) is 0 Å². The maximum Gasteiger partial charge on any atom is 0.0944 e. The molecule has 6 rings (SSSR count). The number of thiazole rings is 1. The molecule has 4 saturated carbocycles.